The van der Waals surface area contributed by atoms with Crippen LogP contribution in [0.3, 0.4) is 0 Å². The number of rotatable bonds is 5. The van der Waals surface area contributed by atoms with Gasteiger partial charge in [-0.2, -0.15) is 0 Å². The number of benzene rings is 1. The van der Waals surface area contributed by atoms with E-state index in [0.29, 0.717) is 10.6 Å². The van der Waals surface area contributed by atoms with E-state index in [0.717, 1.165) is 42.5 Å². The molecule has 0 bridgehead atoms. The molecule has 4 rings (SSSR count). The number of oxime groups is 1. The van der Waals surface area contributed by atoms with Crippen LogP contribution in [0.5, 0.6) is 0 Å². The van der Waals surface area contributed by atoms with E-state index in [2.05, 4.69) is 10.5 Å². The summed E-state index contributed by atoms with van der Waals surface area (Å²) in [6.45, 7) is 2.00. The van der Waals surface area contributed by atoms with Gasteiger partial charge in [0.25, 0.3) is 5.91 Å². The van der Waals surface area contributed by atoms with Gasteiger partial charge in [0, 0.05) is 11.3 Å². The lowest BCUT2D eigenvalue weighted by Crippen LogP contribution is -2.28. The van der Waals surface area contributed by atoms with E-state index in [1.807, 2.05) is 0 Å². The average molecular weight is 465 g/mol. The van der Waals surface area contributed by atoms with Gasteiger partial charge < -0.3 is 14.9 Å². The number of aryl methyl sites for hydroxylation is 1. The van der Waals surface area contributed by atoms with Crippen LogP contribution in [0.1, 0.15) is 59.0 Å². The summed E-state index contributed by atoms with van der Waals surface area (Å²) >= 11 is 7.51. The maximum absolute atomic E-state index is 14.2. The quantitative estimate of drug-likeness (QED) is 0.492. The van der Waals surface area contributed by atoms with Crippen LogP contribution in [0.4, 0.5) is 9.39 Å². The van der Waals surface area contributed by atoms with Crippen LogP contribution in [0, 0.1) is 5.82 Å². The summed E-state index contributed by atoms with van der Waals surface area (Å²) in [5, 5.41) is 7.38. The number of nitrogens with one attached hydrogen (secondary N) is 1. The van der Waals surface area contributed by atoms with E-state index in [9.17, 15) is 14.0 Å². The maximum Gasteiger partial charge on any atom is 0.341 e. The average Bonchev–Trinajstić information content (AvgIpc) is 3.27. The molecule has 2 heterocycles. The Morgan fingerprint density at radius 1 is 1.32 bits per heavy atom. The molecule has 1 aliphatic heterocycles. The molecule has 6 nitrogen and oxygen atoms in total. The largest absolute Gasteiger partial charge is 0.462 e. The van der Waals surface area contributed by atoms with Gasteiger partial charge in [0.05, 0.1) is 28.5 Å². The number of carbonyl (C=O) groups excluding carboxylic acids is 2. The van der Waals surface area contributed by atoms with Crippen LogP contribution in [0.25, 0.3) is 0 Å². The molecule has 1 atom stereocenters. The molecule has 2 aromatic rings. The fraction of sp³-hybridized carbons (Fsp3) is 0.409. The normalized spacial score (nSPS) is 17.9. The summed E-state index contributed by atoms with van der Waals surface area (Å²) in [6.07, 6.45) is 3.95. The van der Waals surface area contributed by atoms with Crippen LogP contribution in [-0.2, 0) is 27.2 Å². The fourth-order valence-corrected chi connectivity index (χ4v) is 5.43. The Morgan fingerprint density at radius 2 is 2.13 bits per heavy atom. The van der Waals surface area contributed by atoms with Crippen LogP contribution < -0.4 is 5.32 Å². The molecule has 1 amide bonds. The highest BCUT2D eigenvalue weighted by Gasteiger charge is 2.33. The first-order chi connectivity index (χ1) is 15.0. The maximum atomic E-state index is 14.2. The van der Waals surface area contributed by atoms with Crippen molar-refractivity contribution in [2.45, 2.75) is 51.6 Å². The second kappa shape index (κ2) is 9.36. The summed E-state index contributed by atoms with van der Waals surface area (Å²) in [4.78, 5) is 31.9. The Balaban J connectivity index is 1.54. The first-order valence-corrected chi connectivity index (χ1v) is 11.5. The van der Waals surface area contributed by atoms with E-state index in [-0.39, 0.29) is 29.3 Å². The minimum absolute atomic E-state index is 0.0757. The molecule has 0 saturated heterocycles. The summed E-state index contributed by atoms with van der Waals surface area (Å²) in [6, 6.07) is 4.33. The lowest BCUT2D eigenvalue weighted by molar-refractivity contribution is -0.125. The van der Waals surface area contributed by atoms with E-state index in [1.54, 1.807) is 13.0 Å². The monoisotopic (exact) mass is 464 g/mol. The zero-order chi connectivity index (χ0) is 22.0. The summed E-state index contributed by atoms with van der Waals surface area (Å²) < 4.78 is 19.4. The van der Waals surface area contributed by atoms with Crippen LogP contribution in [0.15, 0.2) is 23.4 Å². The minimum atomic E-state index is -0.942. The highest BCUT2D eigenvalue weighted by molar-refractivity contribution is 7.17. The highest BCUT2D eigenvalue weighted by atomic mass is 35.5. The summed E-state index contributed by atoms with van der Waals surface area (Å²) in [7, 11) is 0. The third-order valence-electron chi connectivity index (χ3n) is 5.35. The molecule has 0 spiro atoms. The van der Waals surface area contributed by atoms with Gasteiger partial charge in [0.1, 0.15) is 10.8 Å². The van der Waals surface area contributed by atoms with Crippen molar-refractivity contribution >= 4 is 45.5 Å². The first-order valence-electron chi connectivity index (χ1n) is 10.3. The van der Waals surface area contributed by atoms with Gasteiger partial charge in [-0.1, -0.05) is 29.2 Å². The lowest BCUT2D eigenvalue weighted by atomic mass is 10.0. The topological polar surface area (TPSA) is 77.0 Å². The predicted molar refractivity (Wildman–Crippen MR) is 118 cm³/mol. The van der Waals surface area contributed by atoms with Gasteiger partial charge in [-0.3, -0.25) is 4.79 Å². The fourth-order valence-electron chi connectivity index (χ4n) is 3.88. The van der Waals surface area contributed by atoms with Crippen molar-refractivity contribution in [3.63, 3.8) is 0 Å². The number of ether oxygens (including phenoxy) is 1. The van der Waals surface area contributed by atoms with Crippen molar-refractivity contribution in [1.29, 1.82) is 0 Å². The molecule has 1 N–H and O–H groups in total. The summed E-state index contributed by atoms with van der Waals surface area (Å²) in [5.41, 5.74) is 1.82. The van der Waals surface area contributed by atoms with Gasteiger partial charge >= 0.3 is 5.97 Å². The van der Waals surface area contributed by atoms with Crippen molar-refractivity contribution in [2.75, 3.05) is 11.9 Å². The number of fused-ring (bicyclic) bond motifs is 1. The molecule has 1 unspecified atom stereocenters. The van der Waals surface area contributed by atoms with Crippen molar-refractivity contribution in [2.24, 2.45) is 5.16 Å². The van der Waals surface area contributed by atoms with Gasteiger partial charge in [-0.25, -0.2) is 9.18 Å². The van der Waals surface area contributed by atoms with Gasteiger partial charge in [-0.15, -0.1) is 11.3 Å². The Bertz CT molecular complexity index is 1030. The van der Waals surface area contributed by atoms with E-state index in [1.165, 1.54) is 23.5 Å². The Labute approximate surface area is 188 Å². The SMILES string of the molecule is CCOC(=O)c1c(NC(=O)C2CC(c3c(F)cccc3Cl)=NO2)sc2c1CCCCC2. The molecule has 9 heteroatoms. The van der Waals surface area contributed by atoms with Crippen molar-refractivity contribution in [3.8, 4) is 0 Å². The zero-order valence-electron chi connectivity index (χ0n) is 17.0. The molecule has 1 aromatic carbocycles. The Kier molecular flexibility index (Phi) is 6.57. The number of esters is 1. The van der Waals surface area contributed by atoms with E-state index >= 15 is 0 Å². The number of hydrogen-bond donors (Lipinski definition) is 1. The molecule has 31 heavy (non-hydrogen) atoms. The third kappa shape index (κ3) is 4.45. The lowest BCUT2D eigenvalue weighted by Gasteiger charge is -2.11. The first kappa shape index (κ1) is 21.8. The number of amides is 1. The molecule has 0 fully saturated rings. The molecule has 164 valence electrons. The molecular formula is C22H22ClFN2O4S. The standard InChI is InChI=1S/C22H22ClFN2O4S/c1-2-29-22(28)18-12-7-4-3-5-10-17(12)31-21(18)25-20(27)16-11-15(26-30-16)19-13(23)8-6-9-14(19)24/h6,8-9,16H,2-5,7,10-11H2,1H3,(H,25,27). The van der Waals surface area contributed by atoms with Crippen LogP contribution in [-0.4, -0.2) is 30.3 Å². The number of thiophene rings is 1. The smallest absolute Gasteiger partial charge is 0.341 e. The number of halogens is 2. The predicted octanol–water partition coefficient (Wildman–Crippen LogP) is 5.12. The van der Waals surface area contributed by atoms with Gasteiger partial charge in [0.15, 0.2) is 0 Å². The highest BCUT2D eigenvalue weighted by Crippen LogP contribution is 2.38. The molecule has 1 aliphatic carbocycles. The second-order valence-corrected chi connectivity index (χ2v) is 8.92. The molecule has 0 radical (unpaired) electrons. The van der Waals surface area contributed by atoms with Crippen molar-refractivity contribution in [1.82, 2.24) is 0 Å². The van der Waals surface area contributed by atoms with Crippen molar-refractivity contribution < 1.29 is 23.6 Å². The zero-order valence-corrected chi connectivity index (χ0v) is 18.6. The van der Waals surface area contributed by atoms with Crippen molar-refractivity contribution in [3.05, 3.63) is 50.6 Å². The number of nitrogens with zero attached hydrogens (tertiary/aromatic N) is 1. The van der Waals surface area contributed by atoms with E-state index in [4.69, 9.17) is 21.2 Å². The second-order valence-electron chi connectivity index (χ2n) is 7.41. The molecular weight excluding hydrogens is 443 g/mol. The van der Waals surface area contributed by atoms with Crippen LogP contribution in [0.2, 0.25) is 5.02 Å². The molecule has 0 saturated carbocycles. The Hall–Kier alpha value is -2.45. The number of carbonyl (C=O) groups is 2. The van der Waals surface area contributed by atoms with E-state index < -0.39 is 23.8 Å². The minimum Gasteiger partial charge on any atom is -0.462 e. The Morgan fingerprint density at radius 3 is 2.90 bits per heavy atom. The van der Waals surface area contributed by atoms with Crippen LogP contribution >= 0.6 is 22.9 Å². The van der Waals surface area contributed by atoms with Gasteiger partial charge in [0.2, 0.25) is 6.10 Å². The molecule has 1 aromatic heterocycles. The molecule has 2 aliphatic rings. The summed E-state index contributed by atoms with van der Waals surface area (Å²) in [5.74, 6) is -1.41. The number of anilines is 1. The number of hydrogen-bond acceptors (Lipinski definition) is 6. The third-order valence-corrected chi connectivity index (χ3v) is 6.87. The van der Waals surface area contributed by atoms with Gasteiger partial charge in [-0.05, 0) is 50.3 Å².